The second kappa shape index (κ2) is 15.2. The van der Waals surface area contributed by atoms with Crippen LogP contribution < -0.4 is 5.32 Å². The summed E-state index contributed by atoms with van der Waals surface area (Å²) in [5.74, 6) is 2.66. The molecule has 3 aliphatic rings. The molecule has 1 aromatic heterocycles. The summed E-state index contributed by atoms with van der Waals surface area (Å²) in [7, 11) is 2.30. The van der Waals surface area contributed by atoms with Crippen LogP contribution in [0.4, 0.5) is 0 Å². The Morgan fingerprint density at radius 1 is 0.787 bits per heavy atom. The highest BCUT2D eigenvalue weighted by Gasteiger charge is 2.25. The quantitative estimate of drug-likeness (QED) is 0.162. The second-order valence-corrected chi connectivity index (χ2v) is 14.8. The maximum atomic E-state index is 13.2. The minimum Gasteiger partial charge on any atom is -0.339 e. The van der Waals surface area contributed by atoms with E-state index in [9.17, 15) is 4.79 Å². The fourth-order valence-electron chi connectivity index (χ4n) is 7.80. The Hall–Kier alpha value is -3.48. The molecule has 2 saturated carbocycles. The van der Waals surface area contributed by atoms with Crippen molar-refractivity contribution in [3.05, 3.63) is 89.6 Å². The van der Waals surface area contributed by atoms with Crippen molar-refractivity contribution in [2.75, 3.05) is 33.2 Å². The zero-order valence-electron chi connectivity index (χ0n) is 28.4. The van der Waals surface area contributed by atoms with E-state index in [-0.39, 0.29) is 5.91 Å². The Labute approximate surface area is 281 Å². The van der Waals surface area contributed by atoms with Crippen LogP contribution in [0.15, 0.2) is 72.9 Å². The van der Waals surface area contributed by atoms with E-state index >= 15 is 0 Å². The summed E-state index contributed by atoms with van der Waals surface area (Å²) >= 11 is 0. The van der Waals surface area contributed by atoms with Gasteiger partial charge in [-0.3, -0.25) is 9.48 Å². The molecule has 0 unspecified atom stereocenters. The van der Waals surface area contributed by atoms with Gasteiger partial charge in [0.1, 0.15) is 0 Å². The molecule has 0 radical (unpaired) electrons. The highest BCUT2D eigenvalue weighted by Crippen LogP contribution is 2.32. The first-order valence-corrected chi connectivity index (χ1v) is 18.4. The third kappa shape index (κ3) is 8.52. The lowest BCUT2D eigenvalue weighted by atomic mass is 9.88. The molecule has 3 aromatic carbocycles. The lowest BCUT2D eigenvalue weighted by Crippen LogP contribution is -2.39. The van der Waals surface area contributed by atoms with Crippen LogP contribution >= 0.6 is 0 Å². The molecule has 2 aliphatic carbocycles. The van der Waals surface area contributed by atoms with Gasteiger partial charge in [0.25, 0.3) is 5.91 Å². The van der Waals surface area contributed by atoms with E-state index in [0.717, 1.165) is 68.9 Å². The summed E-state index contributed by atoms with van der Waals surface area (Å²) in [5.41, 5.74) is 6.96. The van der Waals surface area contributed by atoms with Gasteiger partial charge in [-0.1, -0.05) is 61.7 Å². The second-order valence-electron chi connectivity index (χ2n) is 14.8. The van der Waals surface area contributed by atoms with Crippen LogP contribution in [0, 0.1) is 17.8 Å². The van der Waals surface area contributed by atoms with Gasteiger partial charge in [-0.25, -0.2) is 0 Å². The fraction of sp³-hybridized carbons (Fsp3) is 0.512. The number of nitrogens with zero attached hydrogens (tertiary/aromatic N) is 4. The predicted molar refractivity (Wildman–Crippen MR) is 192 cm³/mol. The predicted octanol–water partition coefficient (Wildman–Crippen LogP) is 8.16. The van der Waals surface area contributed by atoms with Gasteiger partial charge in [-0.2, -0.15) is 5.10 Å². The number of aromatic nitrogens is 2. The van der Waals surface area contributed by atoms with Crippen LogP contribution in [0.5, 0.6) is 0 Å². The van der Waals surface area contributed by atoms with E-state index in [1.54, 1.807) is 0 Å². The number of nitrogens with one attached hydrogen (secondary N) is 1. The van der Waals surface area contributed by atoms with Crippen LogP contribution in [0.2, 0.25) is 0 Å². The first-order chi connectivity index (χ1) is 23.1. The smallest absolute Gasteiger partial charge is 0.253 e. The SMILES string of the molecule is CN(CCC1CCN(C(=O)c2ccc(CNCc3ccc(-c4ccc5c(cnn5CC5CC5)c4)cc3)cc2)CC1)CC1CCCCC1. The first kappa shape index (κ1) is 32.1. The lowest BCUT2D eigenvalue weighted by Gasteiger charge is -2.33. The van der Waals surface area contributed by atoms with E-state index in [4.69, 9.17) is 0 Å². The van der Waals surface area contributed by atoms with E-state index in [1.807, 2.05) is 18.3 Å². The van der Waals surface area contributed by atoms with E-state index < -0.39 is 0 Å². The van der Waals surface area contributed by atoms with Gasteiger partial charge in [-0.05, 0) is 123 Å². The zero-order chi connectivity index (χ0) is 32.0. The molecule has 6 nitrogen and oxygen atoms in total. The molecule has 0 atom stereocenters. The molecule has 7 rings (SSSR count). The third-order valence-corrected chi connectivity index (χ3v) is 11.0. The minimum atomic E-state index is 0.184. The number of hydrogen-bond acceptors (Lipinski definition) is 4. The molecule has 4 aromatic rings. The van der Waals surface area contributed by atoms with Gasteiger partial charge in [0.2, 0.25) is 0 Å². The molecular weight excluding hydrogens is 578 g/mol. The van der Waals surface area contributed by atoms with Crippen molar-refractivity contribution >= 4 is 16.8 Å². The van der Waals surface area contributed by atoms with Crippen molar-refractivity contribution in [1.29, 1.82) is 0 Å². The summed E-state index contributed by atoms with van der Waals surface area (Å²) < 4.78 is 2.17. The van der Waals surface area contributed by atoms with Crippen molar-refractivity contribution in [3.63, 3.8) is 0 Å². The number of likely N-dealkylation sites (tertiary alicyclic amines) is 1. The highest BCUT2D eigenvalue weighted by molar-refractivity contribution is 5.94. The molecule has 1 N–H and O–H groups in total. The molecule has 1 amide bonds. The fourth-order valence-corrected chi connectivity index (χ4v) is 7.80. The molecule has 248 valence electrons. The van der Waals surface area contributed by atoms with Gasteiger partial charge in [-0.15, -0.1) is 0 Å². The Morgan fingerprint density at radius 3 is 2.17 bits per heavy atom. The number of benzene rings is 3. The standard InChI is InChI=1S/C41H53N5O/c1-44(29-34-5-3-2-4-6-34)22-19-31-20-23-45(24-21-31)41(47)37-15-11-33(12-16-37)27-42-26-32-9-13-36(14-10-32)38-17-18-40-39(25-38)28-43-46(40)30-35-7-8-35/h9-18,25,28,31,34-35,42H,2-8,19-24,26-27,29-30H2,1H3. The summed E-state index contributed by atoms with van der Waals surface area (Å²) in [6.45, 7) is 6.86. The number of amides is 1. The maximum Gasteiger partial charge on any atom is 0.253 e. The minimum absolute atomic E-state index is 0.184. The number of carbonyl (C=O) groups excluding carboxylic acids is 1. The Balaban J connectivity index is 0.823. The van der Waals surface area contributed by atoms with Crippen LogP contribution in [-0.4, -0.2) is 58.7 Å². The Kier molecular flexibility index (Phi) is 10.4. The molecule has 0 spiro atoms. The number of hydrogen-bond donors (Lipinski definition) is 1. The highest BCUT2D eigenvalue weighted by atomic mass is 16.2. The maximum absolute atomic E-state index is 13.2. The summed E-state index contributed by atoms with van der Waals surface area (Å²) in [5, 5.41) is 9.42. The van der Waals surface area contributed by atoms with E-state index in [1.165, 1.54) is 97.6 Å². The molecule has 1 saturated heterocycles. The molecular formula is C41H53N5O. The molecule has 2 heterocycles. The van der Waals surface area contributed by atoms with Crippen molar-refractivity contribution in [3.8, 4) is 11.1 Å². The monoisotopic (exact) mass is 631 g/mol. The number of carbonyl (C=O) groups is 1. The van der Waals surface area contributed by atoms with Crippen molar-refractivity contribution in [2.45, 2.75) is 83.8 Å². The zero-order valence-corrected chi connectivity index (χ0v) is 28.4. The normalized spacial score (nSPS) is 18.0. The average Bonchev–Trinajstić information content (AvgIpc) is 3.85. The van der Waals surface area contributed by atoms with Gasteiger partial charge < -0.3 is 15.1 Å². The van der Waals surface area contributed by atoms with Crippen LogP contribution in [0.25, 0.3) is 22.0 Å². The van der Waals surface area contributed by atoms with Crippen molar-refractivity contribution in [1.82, 2.24) is 24.9 Å². The van der Waals surface area contributed by atoms with Crippen LogP contribution in [-0.2, 0) is 19.6 Å². The number of piperidine rings is 1. The number of fused-ring (bicyclic) bond motifs is 1. The number of rotatable bonds is 13. The molecule has 47 heavy (non-hydrogen) atoms. The molecule has 3 fully saturated rings. The third-order valence-electron chi connectivity index (χ3n) is 11.0. The average molecular weight is 632 g/mol. The van der Waals surface area contributed by atoms with Crippen LogP contribution in [0.1, 0.15) is 85.7 Å². The van der Waals surface area contributed by atoms with Crippen molar-refractivity contribution in [2.24, 2.45) is 17.8 Å². The van der Waals surface area contributed by atoms with Crippen molar-refractivity contribution < 1.29 is 4.79 Å². The largest absolute Gasteiger partial charge is 0.339 e. The van der Waals surface area contributed by atoms with Gasteiger partial charge in [0.15, 0.2) is 0 Å². The van der Waals surface area contributed by atoms with Gasteiger partial charge in [0, 0.05) is 50.2 Å². The Morgan fingerprint density at radius 2 is 1.47 bits per heavy atom. The molecule has 0 bridgehead atoms. The van der Waals surface area contributed by atoms with E-state index in [0.29, 0.717) is 0 Å². The van der Waals surface area contributed by atoms with Gasteiger partial charge in [0.05, 0.1) is 11.7 Å². The lowest BCUT2D eigenvalue weighted by molar-refractivity contribution is 0.0681. The topological polar surface area (TPSA) is 53.4 Å². The van der Waals surface area contributed by atoms with Crippen LogP contribution in [0.3, 0.4) is 0 Å². The summed E-state index contributed by atoms with van der Waals surface area (Å²) in [6, 6.07) is 23.8. The first-order valence-electron chi connectivity index (χ1n) is 18.4. The molecule has 6 heteroatoms. The van der Waals surface area contributed by atoms with Gasteiger partial charge >= 0.3 is 0 Å². The van der Waals surface area contributed by atoms with E-state index in [2.05, 4.69) is 86.5 Å². The molecule has 1 aliphatic heterocycles. The summed E-state index contributed by atoms with van der Waals surface area (Å²) in [6.07, 6.45) is 15.3. The summed E-state index contributed by atoms with van der Waals surface area (Å²) in [4.78, 5) is 17.9. The Bertz CT molecular complexity index is 1590.